The normalized spacial score (nSPS) is 14.7. The van der Waals surface area contributed by atoms with Gasteiger partial charge in [0.25, 0.3) is 0 Å². The summed E-state index contributed by atoms with van der Waals surface area (Å²) < 4.78 is 7.47. The SMILES string of the molecule is Cc1nc(C)c(-c2ccc3cc(-c4c(C5CCCCC5)nc(/C=C/C(=O)O)n4CC(=O)OC(C)(C)C)ccc3n2)s1. The van der Waals surface area contributed by atoms with Gasteiger partial charge in [-0.3, -0.25) is 4.79 Å². The van der Waals surface area contributed by atoms with Crippen molar-refractivity contribution < 1.29 is 19.4 Å². The van der Waals surface area contributed by atoms with Crippen LogP contribution in [0.2, 0.25) is 0 Å². The number of carbonyl (C=O) groups excluding carboxylic acids is 1. The van der Waals surface area contributed by atoms with Crippen molar-refractivity contribution in [2.75, 3.05) is 0 Å². The Bertz CT molecular complexity index is 1640. The number of aromatic nitrogens is 4. The largest absolute Gasteiger partial charge is 0.478 e. The number of imidazole rings is 1. The zero-order valence-corrected chi connectivity index (χ0v) is 25.0. The van der Waals surface area contributed by atoms with Crippen molar-refractivity contribution in [1.82, 2.24) is 19.5 Å². The van der Waals surface area contributed by atoms with Gasteiger partial charge < -0.3 is 14.4 Å². The van der Waals surface area contributed by atoms with Gasteiger partial charge in [-0.15, -0.1) is 11.3 Å². The molecule has 0 amide bonds. The lowest BCUT2D eigenvalue weighted by atomic mass is 9.85. The van der Waals surface area contributed by atoms with E-state index in [2.05, 4.69) is 17.1 Å². The molecule has 0 unspecified atom stereocenters. The first-order valence-corrected chi connectivity index (χ1v) is 14.9. The number of rotatable bonds is 7. The van der Waals surface area contributed by atoms with Crippen LogP contribution in [-0.2, 0) is 20.9 Å². The van der Waals surface area contributed by atoms with Gasteiger partial charge in [0, 0.05) is 22.9 Å². The summed E-state index contributed by atoms with van der Waals surface area (Å²) in [5.74, 6) is -0.821. The zero-order valence-electron chi connectivity index (χ0n) is 24.2. The van der Waals surface area contributed by atoms with Gasteiger partial charge in [-0.25, -0.2) is 19.7 Å². The van der Waals surface area contributed by atoms with Crippen LogP contribution in [0.1, 0.15) is 81.0 Å². The molecular weight excluding hydrogens is 536 g/mol. The molecule has 0 saturated heterocycles. The van der Waals surface area contributed by atoms with Crippen LogP contribution in [0.3, 0.4) is 0 Å². The smallest absolute Gasteiger partial charge is 0.328 e. The molecule has 8 nitrogen and oxygen atoms in total. The van der Waals surface area contributed by atoms with Gasteiger partial charge in [-0.1, -0.05) is 31.4 Å². The highest BCUT2D eigenvalue weighted by molar-refractivity contribution is 7.15. The van der Waals surface area contributed by atoms with Crippen LogP contribution in [0.5, 0.6) is 0 Å². The number of nitrogens with zero attached hydrogens (tertiary/aromatic N) is 4. The summed E-state index contributed by atoms with van der Waals surface area (Å²) in [6.45, 7) is 9.42. The highest BCUT2D eigenvalue weighted by Gasteiger charge is 2.28. The number of carboxylic acid groups (broad SMARTS) is 1. The maximum absolute atomic E-state index is 13.1. The van der Waals surface area contributed by atoms with E-state index in [1.165, 1.54) is 12.5 Å². The lowest BCUT2D eigenvalue weighted by molar-refractivity contribution is -0.155. The maximum atomic E-state index is 13.1. The van der Waals surface area contributed by atoms with Crippen molar-refractivity contribution in [2.24, 2.45) is 0 Å². The average molecular weight is 573 g/mol. The standard InChI is InChI=1S/C32H36N4O4S/c1-19-31(41-20(2)33-19)25-14-11-22-17-23(12-13-24(22)34-25)30-29(21-9-7-6-8-10-21)35-26(15-16-27(37)38)36(30)18-28(39)40-32(3,4)5/h11-17,21H,6-10,18H2,1-5H3,(H,37,38)/b16-15+. The second-order valence-corrected chi connectivity index (χ2v) is 12.8. The molecule has 3 heterocycles. The minimum absolute atomic E-state index is 0.0785. The quantitative estimate of drug-likeness (QED) is 0.183. The van der Waals surface area contributed by atoms with E-state index in [0.29, 0.717) is 5.82 Å². The van der Waals surface area contributed by atoms with E-state index in [1.807, 2.05) is 57.4 Å². The summed E-state index contributed by atoms with van der Waals surface area (Å²) in [5.41, 5.74) is 4.71. The maximum Gasteiger partial charge on any atom is 0.328 e. The fourth-order valence-corrected chi connectivity index (χ4v) is 6.45. The number of pyridine rings is 1. The van der Waals surface area contributed by atoms with Crippen LogP contribution < -0.4 is 0 Å². The monoisotopic (exact) mass is 572 g/mol. The zero-order chi connectivity index (χ0) is 29.3. The van der Waals surface area contributed by atoms with Gasteiger partial charge in [0.1, 0.15) is 18.0 Å². The Morgan fingerprint density at radius 2 is 1.83 bits per heavy atom. The van der Waals surface area contributed by atoms with Crippen molar-refractivity contribution >= 4 is 40.3 Å². The Labute approximate surface area is 244 Å². The molecule has 0 aliphatic heterocycles. The second-order valence-electron chi connectivity index (χ2n) is 11.6. The molecule has 0 atom stereocenters. The van der Waals surface area contributed by atoms with Gasteiger partial charge in [-0.05, 0) is 71.7 Å². The highest BCUT2D eigenvalue weighted by Crippen LogP contribution is 2.40. The van der Waals surface area contributed by atoms with Crippen molar-refractivity contribution in [2.45, 2.75) is 84.8 Å². The summed E-state index contributed by atoms with van der Waals surface area (Å²) in [5, 5.41) is 11.3. The molecule has 5 rings (SSSR count). The minimum atomic E-state index is -1.07. The van der Waals surface area contributed by atoms with Crippen molar-refractivity contribution in [1.29, 1.82) is 0 Å². The van der Waals surface area contributed by atoms with Crippen molar-refractivity contribution in [3.8, 4) is 21.8 Å². The molecule has 41 heavy (non-hydrogen) atoms. The topological polar surface area (TPSA) is 107 Å². The lowest BCUT2D eigenvalue weighted by Gasteiger charge is -2.23. The average Bonchev–Trinajstić information content (AvgIpc) is 3.44. The molecule has 0 radical (unpaired) electrons. The molecule has 1 aliphatic carbocycles. The molecule has 214 valence electrons. The molecule has 1 fully saturated rings. The predicted octanol–water partition coefficient (Wildman–Crippen LogP) is 7.33. The Balaban J connectivity index is 1.64. The number of benzene rings is 1. The summed E-state index contributed by atoms with van der Waals surface area (Å²) in [7, 11) is 0. The molecule has 9 heteroatoms. The molecule has 0 spiro atoms. The van der Waals surface area contributed by atoms with E-state index in [0.717, 1.165) is 80.9 Å². The molecule has 3 aromatic heterocycles. The van der Waals surface area contributed by atoms with E-state index in [9.17, 15) is 14.7 Å². The number of hydrogen-bond acceptors (Lipinski definition) is 7. The molecule has 1 N–H and O–H groups in total. The Morgan fingerprint density at radius 3 is 2.49 bits per heavy atom. The number of ether oxygens (including phenoxy) is 1. The number of carboxylic acids is 1. The van der Waals surface area contributed by atoms with Crippen molar-refractivity contribution in [3.63, 3.8) is 0 Å². The fraction of sp³-hybridized carbons (Fsp3) is 0.406. The summed E-state index contributed by atoms with van der Waals surface area (Å²) in [6, 6.07) is 10.2. The van der Waals surface area contributed by atoms with Gasteiger partial charge in [0.15, 0.2) is 0 Å². The van der Waals surface area contributed by atoms with E-state index in [4.69, 9.17) is 14.7 Å². The van der Waals surface area contributed by atoms with Crippen LogP contribution in [0, 0.1) is 13.8 Å². The molecule has 1 aliphatic rings. The van der Waals surface area contributed by atoms with Gasteiger partial charge in [0.2, 0.25) is 0 Å². The van der Waals surface area contributed by atoms with Crippen LogP contribution in [0.25, 0.3) is 38.8 Å². The number of carbonyl (C=O) groups is 2. The fourth-order valence-electron chi connectivity index (χ4n) is 5.56. The van der Waals surface area contributed by atoms with E-state index in [1.54, 1.807) is 11.3 Å². The van der Waals surface area contributed by atoms with Gasteiger partial charge in [-0.2, -0.15) is 0 Å². The van der Waals surface area contributed by atoms with Crippen molar-refractivity contribution in [3.05, 3.63) is 58.6 Å². The third-order valence-electron chi connectivity index (χ3n) is 7.20. The first kappa shape index (κ1) is 28.7. The Hall–Kier alpha value is -3.85. The number of fused-ring (bicyclic) bond motifs is 1. The number of thiazole rings is 1. The number of aliphatic carboxylic acids is 1. The van der Waals surface area contributed by atoms with Gasteiger partial charge in [0.05, 0.1) is 38.2 Å². The van der Waals surface area contributed by atoms with Gasteiger partial charge >= 0.3 is 11.9 Å². The molecule has 4 aromatic rings. The number of hydrogen-bond donors (Lipinski definition) is 1. The summed E-state index contributed by atoms with van der Waals surface area (Å²) >= 11 is 1.64. The van der Waals surface area contributed by atoms with E-state index >= 15 is 0 Å². The summed E-state index contributed by atoms with van der Waals surface area (Å²) in [6.07, 6.45) is 7.97. The predicted molar refractivity (Wildman–Crippen MR) is 162 cm³/mol. The van der Waals surface area contributed by atoms with Crippen LogP contribution >= 0.6 is 11.3 Å². The molecule has 1 aromatic carbocycles. The Kier molecular flexibility index (Phi) is 8.09. The minimum Gasteiger partial charge on any atom is -0.478 e. The molecular formula is C32H36N4O4S. The third kappa shape index (κ3) is 6.56. The van der Waals surface area contributed by atoms with E-state index < -0.39 is 17.5 Å². The van der Waals surface area contributed by atoms with E-state index in [-0.39, 0.29) is 12.5 Å². The van der Waals surface area contributed by atoms with Crippen LogP contribution in [0.4, 0.5) is 0 Å². The number of aryl methyl sites for hydroxylation is 2. The highest BCUT2D eigenvalue weighted by atomic mass is 32.1. The summed E-state index contributed by atoms with van der Waals surface area (Å²) in [4.78, 5) is 40.0. The van der Waals surface area contributed by atoms with Crippen LogP contribution in [0.15, 0.2) is 36.4 Å². The molecule has 1 saturated carbocycles. The van der Waals surface area contributed by atoms with Crippen LogP contribution in [-0.4, -0.2) is 42.2 Å². The number of esters is 1. The molecule has 0 bridgehead atoms. The second kappa shape index (κ2) is 11.6. The Morgan fingerprint density at radius 1 is 1.07 bits per heavy atom. The third-order valence-corrected chi connectivity index (χ3v) is 8.29. The lowest BCUT2D eigenvalue weighted by Crippen LogP contribution is -2.27. The first-order valence-electron chi connectivity index (χ1n) is 14.1. The first-order chi connectivity index (χ1) is 19.5.